The highest BCUT2D eigenvalue weighted by Crippen LogP contribution is 2.40. The fourth-order valence-electron chi connectivity index (χ4n) is 3.83. The molecule has 8 heteroatoms. The number of benzene rings is 1. The summed E-state index contributed by atoms with van der Waals surface area (Å²) in [5, 5.41) is 8.08. The maximum absolute atomic E-state index is 5.65. The number of hydrogen-bond donors (Lipinski definition) is 2. The third-order valence-corrected chi connectivity index (χ3v) is 6.53. The normalized spacial score (nSPS) is 17.9. The molecule has 29 heavy (non-hydrogen) atoms. The first kappa shape index (κ1) is 20.0. The van der Waals surface area contributed by atoms with Crippen LogP contribution in [0.5, 0.6) is 11.5 Å². The Morgan fingerprint density at radius 2 is 2.03 bits per heavy atom. The summed E-state index contributed by atoms with van der Waals surface area (Å²) < 4.78 is 16.7. The fraction of sp³-hybridized carbons (Fsp3) is 0.524. The molecule has 1 aromatic carbocycles. The number of aryl methyl sites for hydroxylation is 1. The molecular weight excluding hydrogens is 388 g/mol. The van der Waals surface area contributed by atoms with Crippen molar-refractivity contribution in [2.24, 2.45) is 4.99 Å². The van der Waals surface area contributed by atoms with Crippen LogP contribution in [0.15, 0.2) is 29.4 Å². The molecule has 0 amide bonds. The summed E-state index contributed by atoms with van der Waals surface area (Å²) in [6.07, 6.45) is 4.72. The van der Waals surface area contributed by atoms with Gasteiger partial charge in [-0.15, -0.1) is 11.3 Å². The lowest BCUT2D eigenvalue weighted by Crippen LogP contribution is -2.48. The molecule has 0 aliphatic carbocycles. The Balaban J connectivity index is 1.39. The second-order valence-corrected chi connectivity index (χ2v) is 8.75. The average Bonchev–Trinajstić information content (AvgIpc) is 3.39. The van der Waals surface area contributed by atoms with Crippen LogP contribution in [0.25, 0.3) is 0 Å². The highest BCUT2D eigenvalue weighted by molar-refractivity contribution is 7.11. The second kappa shape index (κ2) is 9.00. The van der Waals surface area contributed by atoms with Crippen molar-refractivity contribution in [2.75, 3.05) is 40.1 Å². The quantitative estimate of drug-likeness (QED) is 0.557. The predicted molar refractivity (Wildman–Crippen MR) is 114 cm³/mol. The van der Waals surface area contributed by atoms with Crippen molar-refractivity contribution >= 4 is 17.3 Å². The van der Waals surface area contributed by atoms with E-state index >= 15 is 0 Å². The van der Waals surface area contributed by atoms with E-state index in [1.54, 1.807) is 18.4 Å². The van der Waals surface area contributed by atoms with Crippen molar-refractivity contribution in [3.63, 3.8) is 0 Å². The third kappa shape index (κ3) is 4.64. The Morgan fingerprint density at radius 3 is 2.79 bits per heavy atom. The molecule has 7 nitrogen and oxygen atoms in total. The van der Waals surface area contributed by atoms with Gasteiger partial charge in [0.25, 0.3) is 0 Å². The minimum atomic E-state index is -0.0245. The van der Waals surface area contributed by atoms with Crippen LogP contribution in [0.3, 0.4) is 0 Å². The number of rotatable bonds is 6. The lowest BCUT2D eigenvalue weighted by molar-refractivity contribution is 0.0513. The van der Waals surface area contributed by atoms with E-state index in [0.717, 1.165) is 68.0 Å². The van der Waals surface area contributed by atoms with Gasteiger partial charge in [-0.25, -0.2) is 4.98 Å². The monoisotopic (exact) mass is 416 g/mol. The Bertz CT molecular complexity index is 861. The molecule has 0 saturated carbocycles. The van der Waals surface area contributed by atoms with E-state index in [9.17, 15) is 0 Å². The van der Waals surface area contributed by atoms with Crippen molar-refractivity contribution in [3.05, 3.63) is 39.8 Å². The molecule has 3 heterocycles. The van der Waals surface area contributed by atoms with Gasteiger partial charge in [0.1, 0.15) is 0 Å². The molecule has 0 unspecified atom stereocenters. The van der Waals surface area contributed by atoms with Crippen LogP contribution in [-0.4, -0.2) is 51.1 Å². The van der Waals surface area contributed by atoms with Crippen molar-refractivity contribution in [3.8, 4) is 11.5 Å². The lowest BCUT2D eigenvalue weighted by Gasteiger charge is -2.38. The van der Waals surface area contributed by atoms with E-state index in [1.165, 1.54) is 10.4 Å². The van der Waals surface area contributed by atoms with Crippen LogP contribution >= 0.6 is 11.3 Å². The van der Waals surface area contributed by atoms with Gasteiger partial charge in [0, 0.05) is 56.3 Å². The first-order valence-electron chi connectivity index (χ1n) is 10.0. The summed E-state index contributed by atoms with van der Waals surface area (Å²) in [4.78, 5) is 10.1. The van der Waals surface area contributed by atoms with Crippen LogP contribution in [0.1, 0.15) is 28.3 Å². The summed E-state index contributed by atoms with van der Waals surface area (Å²) in [6.45, 7) is 5.47. The van der Waals surface area contributed by atoms with Gasteiger partial charge >= 0.3 is 0 Å². The molecule has 1 aromatic heterocycles. The van der Waals surface area contributed by atoms with Gasteiger partial charge in [0.15, 0.2) is 17.5 Å². The largest absolute Gasteiger partial charge is 0.454 e. The fourth-order valence-corrected chi connectivity index (χ4v) is 4.62. The Hall–Kier alpha value is -2.32. The Morgan fingerprint density at radius 1 is 1.21 bits per heavy atom. The molecule has 2 aliphatic heterocycles. The first-order valence-corrected chi connectivity index (χ1v) is 10.8. The molecule has 0 atom stereocenters. The highest BCUT2D eigenvalue weighted by Gasteiger charge is 2.35. The van der Waals surface area contributed by atoms with E-state index in [4.69, 9.17) is 14.2 Å². The van der Waals surface area contributed by atoms with Crippen molar-refractivity contribution in [1.82, 2.24) is 15.6 Å². The highest BCUT2D eigenvalue weighted by atomic mass is 32.1. The van der Waals surface area contributed by atoms with Gasteiger partial charge in [0.2, 0.25) is 6.79 Å². The van der Waals surface area contributed by atoms with E-state index in [0.29, 0.717) is 6.79 Å². The van der Waals surface area contributed by atoms with E-state index in [2.05, 4.69) is 39.7 Å². The number of thiazole rings is 1. The van der Waals surface area contributed by atoms with Crippen LogP contribution in [-0.2, 0) is 16.6 Å². The molecule has 2 aromatic rings. The van der Waals surface area contributed by atoms with E-state index in [-0.39, 0.29) is 5.41 Å². The maximum atomic E-state index is 5.65. The molecule has 2 N–H and O–H groups in total. The molecule has 2 aliphatic rings. The number of nitrogens with zero attached hydrogens (tertiary/aromatic N) is 2. The van der Waals surface area contributed by atoms with Crippen LogP contribution < -0.4 is 20.1 Å². The number of aromatic nitrogens is 1. The molecule has 156 valence electrons. The zero-order chi connectivity index (χ0) is 20.1. The summed E-state index contributed by atoms with van der Waals surface area (Å²) in [6, 6.07) is 6.29. The summed E-state index contributed by atoms with van der Waals surface area (Å²) in [5.74, 6) is 2.46. The minimum Gasteiger partial charge on any atom is -0.454 e. The lowest BCUT2D eigenvalue weighted by atomic mass is 9.74. The first-order chi connectivity index (χ1) is 14.2. The van der Waals surface area contributed by atoms with Crippen molar-refractivity contribution < 1.29 is 14.2 Å². The number of fused-ring (bicyclic) bond motifs is 1. The van der Waals surface area contributed by atoms with E-state index in [1.807, 2.05) is 12.3 Å². The number of aliphatic imine (C=N–C) groups is 1. The second-order valence-electron chi connectivity index (χ2n) is 7.43. The van der Waals surface area contributed by atoms with Gasteiger partial charge in [-0.05, 0) is 37.5 Å². The van der Waals surface area contributed by atoms with Crippen molar-refractivity contribution in [2.45, 2.75) is 31.6 Å². The molecule has 1 fully saturated rings. The van der Waals surface area contributed by atoms with Crippen molar-refractivity contribution in [1.29, 1.82) is 0 Å². The Kier molecular flexibility index (Phi) is 6.20. The molecular formula is C21H28N4O3S. The van der Waals surface area contributed by atoms with Gasteiger partial charge in [0.05, 0.1) is 5.01 Å². The number of nitrogens with one attached hydrogen (secondary N) is 2. The van der Waals surface area contributed by atoms with Crippen LogP contribution in [0.4, 0.5) is 0 Å². The molecule has 1 saturated heterocycles. The number of guanidine groups is 1. The topological polar surface area (TPSA) is 77.0 Å². The molecule has 4 rings (SSSR count). The smallest absolute Gasteiger partial charge is 0.231 e. The Labute approximate surface area is 175 Å². The molecule has 0 radical (unpaired) electrons. The molecule has 0 spiro atoms. The van der Waals surface area contributed by atoms with Gasteiger partial charge in [-0.2, -0.15) is 0 Å². The number of ether oxygens (including phenoxy) is 3. The van der Waals surface area contributed by atoms with Crippen LogP contribution in [0.2, 0.25) is 0 Å². The summed E-state index contributed by atoms with van der Waals surface area (Å²) >= 11 is 1.74. The van der Waals surface area contributed by atoms with Gasteiger partial charge in [-0.3, -0.25) is 4.99 Å². The predicted octanol–water partition coefficient (Wildman–Crippen LogP) is 2.64. The summed E-state index contributed by atoms with van der Waals surface area (Å²) in [5.41, 5.74) is 1.23. The number of hydrogen-bond acceptors (Lipinski definition) is 6. The SMILES string of the molecule is CN=C(NCCc1ncc(C)s1)NCC1(c2ccc3c(c2)OCO3)CCOCC1. The van der Waals surface area contributed by atoms with Crippen LogP contribution in [0, 0.1) is 6.92 Å². The zero-order valence-electron chi connectivity index (χ0n) is 17.0. The van der Waals surface area contributed by atoms with Gasteiger partial charge < -0.3 is 24.8 Å². The maximum Gasteiger partial charge on any atom is 0.231 e. The average molecular weight is 417 g/mol. The molecule has 0 bridgehead atoms. The summed E-state index contributed by atoms with van der Waals surface area (Å²) in [7, 11) is 1.81. The zero-order valence-corrected chi connectivity index (χ0v) is 17.8. The third-order valence-electron chi connectivity index (χ3n) is 5.55. The standard InChI is InChI=1S/C21H28N4O3S/c1-15-12-24-19(29-15)5-8-23-20(22-2)25-13-21(6-9-26-10-7-21)16-3-4-17-18(11-16)28-14-27-17/h3-4,11-12H,5-10,13-14H2,1-2H3,(H2,22,23,25). The van der Waals surface area contributed by atoms with Gasteiger partial charge in [-0.1, -0.05) is 6.07 Å². The van der Waals surface area contributed by atoms with E-state index < -0.39 is 0 Å². The minimum absolute atomic E-state index is 0.0245.